The summed E-state index contributed by atoms with van der Waals surface area (Å²) in [6, 6.07) is 0. The number of hydroxylamine groups is 4. The summed E-state index contributed by atoms with van der Waals surface area (Å²) in [6.45, 7) is 11.6. The summed E-state index contributed by atoms with van der Waals surface area (Å²) >= 11 is 0. The maximum absolute atomic E-state index is 12.8. The summed E-state index contributed by atoms with van der Waals surface area (Å²) in [5.41, 5.74) is 9.02. The highest BCUT2D eigenvalue weighted by atomic mass is 16.7. The molecule has 0 bridgehead atoms. The number of ether oxygens (including phenoxy) is 2. The summed E-state index contributed by atoms with van der Waals surface area (Å²) in [6.07, 6.45) is 1.32. The van der Waals surface area contributed by atoms with E-state index < -0.39 is 95.7 Å². The molecule has 2 heterocycles. The van der Waals surface area contributed by atoms with E-state index >= 15 is 0 Å². The van der Waals surface area contributed by atoms with Crippen molar-refractivity contribution in [2.24, 2.45) is 23.3 Å². The quantitative estimate of drug-likeness (QED) is 0.0448. The molecule has 2 unspecified atom stereocenters. The average Bonchev–Trinajstić information content (AvgIpc) is 3.77. The van der Waals surface area contributed by atoms with Gasteiger partial charge in [0.25, 0.3) is 23.6 Å². The molecule has 28 nitrogen and oxygen atoms in total. The van der Waals surface area contributed by atoms with Crippen molar-refractivity contribution in [1.82, 2.24) is 41.2 Å². The number of imide groups is 2. The largest absolute Gasteiger partial charge is 0.444 e. The van der Waals surface area contributed by atoms with Crippen LogP contribution >= 0.6 is 0 Å². The SMILES string of the molecule is C.CC(C)(C)OC(=O)NCCC(=O)N(CC(=O)ON1C(=O)CCC1=O)CC(=O)ON1C(=O)CCC1=O.CC(CCCCNC(=O)CN(CC(=O)NCCCCC(C)C(N)=O)C(=O)CCNC(=O)OC(C)(C)C)C(N)=O. The molecular weight excluding hydrogens is 993 g/mol. The maximum atomic E-state index is 12.8. The fourth-order valence-corrected chi connectivity index (χ4v) is 6.19. The fourth-order valence-electron chi connectivity index (χ4n) is 6.19. The molecule has 8 N–H and O–H groups in total. The topological polar surface area (TPSA) is 389 Å². The Bertz CT molecular complexity index is 1930. The summed E-state index contributed by atoms with van der Waals surface area (Å²) in [7, 11) is 0. The number of primary amides is 2. The van der Waals surface area contributed by atoms with Crippen LogP contribution in [0.4, 0.5) is 9.59 Å². The molecule has 0 radical (unpaired) electrons. The van der Waals surface area contributed by atoms with Crippen molar-refractivity contribution in [3.63, 3.8) is 0 Å². The van der Waals surface area contributed by atoms with Crippen molar-refractivity contribution in [3.05, 3.63) is 0 Å². The number of hydrogen-bond donors (Lipinski definition) is 6. The molecule has 2 saturated heterocycles. The van der Waals surface area contributed by atoms with Gasteiger partial charge >= 0.3 is 24.1 Å². The number of hydrogen-bond acceptors (Lipinski definition) is 18. The fraction of sp³-hybridized carbons (Fsp3) is 0.702. The van der Waals surface area contributed by atoms with Crippen molar-refractivity contribution in [2.45, 2.75) is 151 Å². The van der Waals surface area contributed by atoms with E-state index in [4.69, 9.17) is 30.6 Å². The zero-order chi connectivity index (χ0) is 56.3. The second-order valence-corrected chi connectivity index (χ2v) is 19.2. The Kier molecular flexibility index (Phi) is 30.1. The molecule has 2 rings (SSSR count). The van der Waals surface area contributed by atoms with Crippen LogP contribution in [-0.2, 0) is 76.7 Å². The van der Waals surface area contributed by atoms with E-state index in [1.807, 2.05) is 0 Å². The van der Waals surface area contributed by atoms with Gasteiger partial charge in [-0.05, 0) is 67.2 Å². The molecule has 0 aromatic heterocycles. The van der Waals surface area contributed by atoms with Crippen LogP contribution in [0.1, 0.15) is 140 Å². The average molecular weight is 1070 g/mol. The maximum Gasteiger partial charge on any atom is 0.407 e. The van der Waals surface area contributed by atoms with Crippen molar-refractivity contribution >= 4 is 83.2 Å². The van der Waals surface area contributed by atoms with Crippen molar-refractivity contribution < 1.29 is 86.3 Å². The van der Waals surface area contributed by atoms with Crippen LogP contribution in [0, 0.1) is 11.8 Å². The summed E-state index contributed by atoms with van der Waals surface area (Å²) in [5, 5.41) is 10.8. The highest BCUT2D eigenvalue weighted by Gasteiger charge is 2.36. The van der Waals surface area contributed by atoms with Crippen molar-refractivity contribution in [1.29, 1.82) is 0 Å². The van der Waals surface area contributed by atoms with Gasteiger partial charge in [0.1, 0.15) is 37.4 Å². The molecule has 2 fully saturated rings. The van der Waals surface area contributed by atoms with E-state index in [2.05, 4.69) is 21.3 Å². The lowest BCUT2D eigenvalue weighted by atomic mass is 10.0. The van der Waals surface area contributed by atoms with Crippen LogP contribution in [0.15, 0.2) is 0 Å². The number of carbonyl (C=O) groups is 14. The normalized spacial score (nSPS) is 13.9. The van der Waals surface area contributed by atoms with Gasteiger partial charge in [-0.15, -0.1) is 10.1 Å². The Balaban J connectivity index is 0.00000145. The molecule has 2 atom stereocenters. The van der Waals surface area contributed by atoms with Crippen LogP contribution in [0.2, 0.25) is 0 Å². The zero-order valence-corrected chi connectivity index (χ0v) is 43.6. The first-order chi connectivity index (χ1) is 34.4. The number of nitrogens with two attached hydrogens (primary N) is 2. The van der Waals surface area contributed by atoms with Gasteiger partial charge in [0, 0.05) is 76.5 Å². The first kappa shape index (κ1) is 67.6. The minimum Gasteiger partial charge on any atom is -0.444 e. The smallest absolute Gasteiger partial charge is 0.407 e. The number of nitrogens with one attached hydrogen (secondary N) is 4. The van der Waals surface area contributed by atoms with E-state index in [9.17, 15) is 67.1 Å². The third kappa shape index (κ3) is 29.8. The van der Waals surface area contributed by atoms with E-state index in [1.54, 1.807) is 55.4 Å². The molecule has 0 aliphatic carbocycles. The minimum absolute atomic E-state index is 0. The predicted molar refractivity (Wildman–Crippen MR) is 262 cm³/mol. The molecule has 12 amide bonds. The van der Waals surface area contributed by atoms with Crippen molar-refractivity contribution in [3.8, 4) is 0 Å². The number of rotatable bonds is 28. The van der Waals surface area contributed by atoms with Crippen molar-refractivity contribution in [2.75, 3.05) is 52.4 Å². The second-order valence-electron chi connectivity index (χ2n) is 19.2. The first-order valence-corrected chi connectivity index (χ1v) is 24.1. The van der Waals surface area contributed by atoms with Gasteiger partial charge in [-0.2, -0.15) is 0 Å². The van der Waals surface area contributed by atoms with Crippen LogP contribution in [0.5, 0.6) is 0 Å². The van der Waals surface area contributed by atoms with E-state index in [0.717, 1.165) is 4.90 Å². The molecule has 424 valence electrons. The molecule has 0 spiro atoms. The monoisotopic (exact) mass is 1070 g/mol. The van der Waals surface area contributed by atoms with Crippen LogP contribution in [0.25, 0.3) is 0 Å². The van der Waals surface area contributed by atoms with Crippen LogP contribution in [0.3, 0.4) is 0 Å². The summed E-state index contributed by atoms with van der Waals surface area (Å²) < 4.78 is 10.2. The molecular formula is C47H78N10O18. The number of alkyl carbamates (subject to hydrolysis) is 2. The lowest BCUT2D eigenvalue weighted by Crippen LogP contribution is -2.46. The minimum atomic E-state index is -1.21. The zero-order valence-electron chi connectivity index (χ0n) is 43.6. The molecule has 0 aromatic rings. The molecule has 28 heteroatoms. The molecule has 2 aliphatic heterocycles. The summed E-state index contributed by atoms with van der Waals surface area (Å²) in [5.74, 6) is -8.77. The van der Waals surface area contributed by atoms with E-state index in [0.29, 0.717) is 56.5 Å². The molecule has 75 heavy (non-hydrogen) atoms. The molecule has 0 aromatic carbocycles. The van der Waals surface area contributed by atoms with E-state index in [1.165, 1.54) is 0 Å². The van der Waals surface area contributed by atoms with E-state index in [-0.39, 0.29) is 106 Å². The van der Waals surface area contributed by atoms with Gasteiger partial charge in [-0.3, -0.25) is 47.9 Å². The highest BCUT2D eigenvalue weighted by Crippen LogP contribution is 2.15. The number of carbonyl (C=O) groups excluding carboxylic acids is 14. The van der Waals surface area contributed by atoms with Gasteiger partial charge in [-0.1, -0.05) is 34.1 Å². The Morgan fingerprint density at radius 2 is 0.813 bits per heavy atom. The first-order valence-electron chi connectivity index (χ1n) is 24.1. The Labute approximate surface area is 436 Å². The van der Waals surface area contributed by atoms with Gasteiger partial charge < -0.3 is 61.7 Å². The standard InChI is InChI=1S/C26H48N6O7.C20H26N4O11.CH4/c1-18(23(27)36)10-6-8-13-29-20(33)16-32(22(35)12-15-31-25(38)39-26(3,4)5)17-21(34)30-14-9-7-11-19(2)24(28)37;1-20(2,3)33-19(32)21-9-8-12(25)22(10-17(30)34-23-13(26)4-5-14(23)27)11-18(31)35-24-15(28)6-7-16(24)29;/h18-19H,6-17H2,1-5H3,(H2,27,36)(H2,28,37)(H,29,33)(H,30,34)(H,31,38);4-11H2,1-3H3,(H,21,32);1H4. The second kappa shape index (κ2) is 33.4. The summed E-state index contributed by atoms with van der Waals surface area (Å²) in [4.78, 5) is 178. The Morgan fingerprint density at radius 1 is 0.507 bits per heavy atom. The lowest BCUT2D eigenvalue weighted by molar-refractivity contribution is -0.201. The lowest BCUT2D eigenvalue weighted by Gasteiger charge is -2.23. The van der Waals surface area contributed by atoms with Gasteiger partial charge in [0.2, 0.25) is 35.4 Å². The van der Waals surface area contributed by atoms with Crippen LogP contribution < -0.4 is 32.7 Å². The Hall–Kier alpha value is -7.42. The van der Waals surface area contributed by atoms with Crippen LogP contribution in [-0.4, -0.2) is 167 Å². The Morgan fingerprint density at radius 3 is 1.11 bits per heavy atom. The highest BCUT2D eigenvalue weighted by molar-refractivity contribution is 6.02. The number of unbranched alkanes of at least 4 members (excludes halogenated alkanes) is 2. The number of amides is 12. The third-order valence-electron chi connectivity index (χ3n) is 10.2. The van der Waals surface area contributed by atoms with Gasteiger partial charge in [-0.25, -0.2) is 19.2 Å². The predicted octanol–water partition coefficient (Wildman–Crippen LogP) is 0.126. The molecule has 2 aliphatic rings. The number of nitrogens with zero attached hydrogens (tertiary/aromatic N) is 4. The third-order valence-corrected chi connectivity index (χ3v) is 10.2. The van der Waals surface area contributed by atoms with Gasteiger partial charge in [0.15, 0.2) is 0 Å². The van der Waals surface area contributed by atoms with Gasteiger partial charge in [0.05, 0.1) is 0 Å². The molecule has 0 saturated carbocycles.